The molecule has 0 saturated carbocycles. The molecule has 7 heteroatoms. The molecule has 0 bridgehead atoms. The molecule has 1 aliphatic rings. The highest BCUT2D eigenvalue weighted by Crippen LogP contribution is 2.30. The van der Waals surface area contributed by atoms with Crippen LogP contribution in [-0.4, -0.2) is 57.9 Å². The van der Waals surface area contributed by atoms with E-state index >= 15 is 0 Å². The van der Waals surface area contributed by atoms with Gasteiger partial charge >= 0.3 is 5.97 Å². The lowest BCUT2D eigenvalue weighted by molar-refractivity contribution is -0.146. The molecule has 0 unspecified atom stereocenters. The summed E-state index contributed by atoms with van der Waals surface area (Å²) < 4.78 is 5.38. The van der Waals surface area contributed by atoms with Crippen LogP contribution in [0.4, 0.5) is 0 Å². The van der Waals surface area contributed by atoms with Gasteiger partial charge in [-0.1, -0.05) is 0 Å². The first-order valence-corrected chi connectivity index (χ1v) is 12.3. The zero-order valence-electron chi connectivity index (χ0n) is 19.9. The van der Waals surface area contributed by atoms with Gasteiger partial charge in [0, 0.05) is 24.3 Å². The Morgan fingerprint density at radius 1 is 1.15 bits per heavy atom. The van der Waals surface area contributed by atoms with Crippen molar-refractivity contribution in [1.29, 1.82) is 0 Å². The molecule has 2 atom stereocenters. The molecule has 34 heavy (non-hydrogen) atoms. The Morgan fingerprint density at radius 3 is 2.85 bits per heavy atom. The summed E-state index contributed by atoms with van der Waals surface area (Å²) in [5.41, 5.74) is 3.23. The van der Waals surface area contributed by atoms with Gasteiger partial charge in [-0.2, -0.15) is 10.2 Å². The van der Waals surface area contributed by atoms with Gasteiger partial charge in [0.15, 0.2) is 0 Å². The summed E-state index contributed by atoms with van der Waals surface area (Å²) in [6, 6.07) is 11.9. The molecular formula is C27H34N4O3. The van der Waals surface area contributed by atoms with Crippen LogP contribution in [0.1, 0.15) is 43.4 Å². The molecule has 3 aromatic rings. The highest BCUT2D eigenvalue weighted by Gasteiger charge is 2.33. The van der Waals surface area contributed by atoms with Gasteiger partial charge in [-0.05, 0) is 106 Å². The summed E-state index contributed by atoms with van der Waals surface area (Å²) in [7, 11) is 1.67. The molecule has 0 radical (unpaired) electrons. The first kappa shape index (κ1) is 24.1. The molecule has 1 aliphatic heterocycles. The van der Waals surface area contributed by atoms with Crippen LogP contribution in [0.25, 0.3) is 10.9 Å². The highest BCUT2D eigenvalue weighted by atomic mass is 16.5. The fourth-order valence-corrected chi connectivity index (χ4v) is 5.09. The van der Waals surface area contributed by atoms with Crippen LogP contribution in [0.2, 0.25) is 0 Å². The molecule has 3 heterocycles. The van der Waals surface area contributed by atoms with Crippen LogP contribution in [0, 0.1) is 11.8 Å². The Morgan fingerprint density at radius 2 is 2.06 bits per heavy atom. The predicted molar refractivity (Wildman–Crippen MR) is 132 cm³/mol. The number of rotatable bonds is 11. The zero-order chi connectivity index (χ0) is 23.8. The third-order valence-electron chi connectivity index (χ3n) is 7.00. The summed E-state index contributed by atoms with van der Waals surface area (Å²) >= 11 is 0. The molecule has 1 saturated heterocycles. The molecule has 7 nitrogen and oxygen atoms in total. The van der Waals surface area contributed by atoms with Crippen molar-refractivity contribution in [2.24, 2.45) is 11.8 Å². The fraction of sp³-hybridized carbons (Fsp3) is 0.481. The van der Waals surface area contributed by atoms with Crippen molar-refractivity contribution in [1.82, 2.24) is 20.1 Å². The predicted octanol–water partition coefficient (Wildman–Crippen LogP) is 4.40. The van der Waals surface area contributed by atoms with Crippen LogP contribution in [-0.2, 0) is 17.6 Å². The number of fused-ring (bicyclic) bond motifs is 1. The number of aryl methyl sites for hydroxylation is 2. The van der Waals surface area contributed by atoms with E-state index in [9.17, 15) is 9.90 Å². The van der Waals surface area contributed by atoms with Gasteiger partial charge in [-0.15, -0.1) is 0 Å². The maximum Gasteiger partial charge on any atom is 0.308 e. The summed E-state index contributed by atoms with van der Waals surface area (Å²) in [6.45, 7) is 2.58. The molecule has 180 valence electrons. The number of unbranched alkanes of at least 4 members (excludes halogenated alkanes) is 1. The first-order chi connectivity index (χ1) is 16.6. The normalized spacial score (nSPS) is 18.7. The van der Waals surface area contributed by atoms with E-state index in [4.69, 9.17) is 4.74 Å². The molecule has 0 aliphatic carbocycles. The number of pyridine rings is 1. The number of benzene rings is 1. The lowest BCUT2D eigenvalue weighted by atomic mass is 9.81. The molecule has 4 rings (SSSR count). The number of nitrogens with zero attached hydrogens (tertiary/aromatic N) is 4. The Labute approximate surface area is 201 Å². The summed E-state index contributed by atoms with van der Waals surface area (Å²) in [4.78, 5) is 18.8. The van der Waals surface area contributed by atoms with Gasteiger partial charge in [0.25, 0.3) is 0 Å². The summed E-state index contributed by atoms with van der Waals surface area (Å²) in [5, 5.41) is 19.1. The van der Waals surface area contributed by atoms with Crippen molar-refractivity contribution in [3.63, 3.8) is 0 Å². The van der Waals surface area contributed by atoms with E-state index in [1.165, 1.54) is 5.56 Å². The average Bonchev–Trinajstić information content (AvgIpc) is 2.87. The van der Waals surface area contributed by atoms with Gasteiger partial charge < -0.3 is 14.7 Å². The number of carboxylic acids is 1. The molecule has 1 N–H and O–H groups in total. The van der Waals surface area contributed by atoms with Crippen molar-refractivity contribution in [2.45, 2.75) is 44.9 Å². The van der Waals surface area contributed by atoms with Crippen molar-refractivity contribution in [3.8, 4) is 5.75 Å². The van der Waals surface area contributed by atoms with Gasteiger partial charge in [0.1, 0.15) is 5.75 Å². The highest BCUT2D eigenvalue weighted by molar-refractivity contribution is 5.83. The van der Waals surface area contributed by atoms with Gasteiger partial charge in [0.05, 0.1) is 24.2 Å². The SMILES string of the molecule is COc1ccc2nccc(CCC[C@@H]3CCN(CCCCc4cccnn4)C[C@@H]3C(=O)O)c2c1. The second kappa shape index (κ2) is 11.9. The summed E-state index contributed by atoms with van der Waals surface area (Å²) in [6.07, 6.45) is 10.3. The van der Waals surface area contributed by atoms with Crippen molar-refractivity contribution < 1.29 is 14.6 Å². The number of ether oxygens (including phenoxy) is 1. The van der Waals surface area contributed by atoms with E-state index in [2.05, 4.69) is 26.1 Å². The van der Waals surface area contributed by atoms with Gasteiger partial charge in [0.2, 0.25) is 0 Å². The van der Waals surface area contributed by atoms with Crippen LogP contribution in [0.3, 0.4) is 0 Å². The number of likely N-dealkylation sites (tertiary alicyclic amines) is 1. The van der Waals surface area contributed by atoms with E-state index < -0.39 is 5.97 Å². The lowest BCUT2D eigenvalue weighted by Gasteiger charge is -2.36. The lowest BCUT2D eigenvalue weighted by Crippen LogP contribution is -2.44. The maximum absolute atomic E-state index is 12.0. The Balaban J connectivity index is 1.26. The first-order valence-electron chi connectivity index (χ1n) is 12.3. The van der Waals surface area contributed by atoms with Crippen molar-refractivity contribution >= 4 is 16.9 Å². The monoisotopic (exact) mass is 462 g/mol. The topological polar surface area (TPSA) is 88.4 Å². The second-order valence-electron chi connectivity index (χ2n) is 9.21. The third-order valence-corrected chi connectivity index (χ3v) is 7.00. The number of methoxy groups -OCH3 is 1. The minimum absolute atomic E-state index is 0.232. The molecular weight excluding hydrogens is 428 g/mol. The van der Waals surface area contributed by atoms with E-state index in [0.717, 1.165) is 80.4 Å². The molecule has 0 amide bonds. The number of aliphatic carboxylic acids is 1. The van der Waals surface area contributed by atoms with Crippen molar-refractivity contribution in [2.75, 3.05) is 26.7 Å². The number of hydrogen-bond acceptors (Lipinski definition) is 6. The van der Waals surface area contributed by atoms with Gasteiger partial charge in [-0.3, -0.25) is 9.78 Å². The number of aromatic nitrogens is 3. The number of hydrogen-bond donors (Lipinski definition) is 1. The van der Waals surface area contributed by atoms with E-state index in [-0.39, 0.29) is 11.8 Å². The number of carboxylic acid groups (broad SMARTS) is 1. The average molecular weight is 463 g/mol. The number of piperidine rings is 1. The standard InChI is InChI=1S/C27H34N4O3/c1-34-23-10-11-26-24(18-23)20(12-15-28-26)6-4-7-21-13-17-31(19-25(21)27(32)33)16-3-2-8-22-9-5-14-29-30-22/h5,9-12,14-15,18,21,25H,2-4,6-8,13,16-17,19H2,1H3,(H,32,33)/t21-,25+/m1/s1. The second-order valence-corrected chi connectivity index (χ2v) is 9.21. The van der Waals surface area contributed by atoms with Crippen LogP contribution < -0.4 is 4.74 Å². The molecule has 2 aromatic heterocycles. The minimum Gasteiger partial charge on any atom is -0.497 e. The van der Waals surface area contributed by atoms with E-state index in [1.54, 1.807) is 13.3 Å². The molecule has 1 fully saturated rings. The van der Waals surface area contributed by atoms with Gasteiger partial charge in [-0.25, -0.2) is 0 Å². The Kier molecular flexibility index (Phi) is 8.41. The van der Waals surface area contributed by atoms with Crippen molar-refractivity contribution in [3.05, 3.63) is 60.0 Å². The van der Waals surface area contributed by atoms with E-state index in [1.807, 2.05) is 36.5 Å². The van der Waals surface area contributed by atoms with Crippen LogP contribution >= 0.6 is 0 Å². The van der Waals surface area contributed by atoms with Crippen LogP contribution in [0.15, 0.2) is 48.8 Å². The quantitative estimate of drug-likeness (QED) is 0.423. The Bertz CT molecular complexity index is 1080. The third kappa shape index (κ3) is 6.29. The van der Waals surface area contributed by atoms with Crippen LogP contribution in [0.5, 0.6) is 5.75 Å². The minimum atomic E-state index is -0.659. The fourth-order valence-electron chi connectivity index (χ4n) is 5.09. The maximum atomic E-state index is 12.0. The number of carbonyl (C=O) groups is 1. The molecule has 0 spiro atoms. The largest absolute Gasteiger partial charge is 0.497 e. The zero-order valence-corrected chi connectivity index (χ0v) is 19.9. The van der Waals surface area contributed by atoms with E-state index in [0.29, 0.717) is 6.54 Å². The summed E-state index contributed by atoms with van der Waals surface area (Å²) in [5.74, 6) is 0.115. The smallest absolute Gasteiger partial charge is 0.308 e. The molecule has 1 aromatic carbocycles. The Hall–Kier alpha value is -3.06.